The Morgan fingerprint density at radius 2 is 1.86 bits per heavy atom. The molecule has 0 aromatic heterocycles. The normalized spacial score (nSPS) is 12.2. The lowest BCUT2D eigenvalue weighted by Gasteiger charge is -2.22. The third-order valence-electron chi connectivity index (χ3n) is 4.33. The summed E-state index contributed by atoms with van der Waals surface area (Å²) in [6, 6.07) is 9.76. The van der Waals surface area contributed by atoms with E-state index in [1.807, 2.05) is 12.1 Å². The minimum atomic E-state index is -0.893. The second-order valence-corrected chi connectivity index (χ2v) is 7.50. The van der Waals surface area contributed by atoms with Crippen molar-refractivity contribution in [3.63, 3.8) is 0 Å². The van der Waals surface area contributed by atoms with E-state index in [1.165, 1.54) is 25.3 Å². The Morgan fingerprint density at radius 1 is 1.18 bits per heavy atom. The van der Waals surface area contributed by atoms with E-state index in [0.29, 0.717) is 11.4 Å². The van der Waals surface area contributed by atoms with Gasteiger partial charge in [0.15, 0.2) is 0 Å². The van der Waals surface area contributed by atoms with Crippen molar-refractivity contribution < 1.29 is 18.7 Å². The van der Waals surface area contributed by atoms with Crippen LogP contribution in [0.2, 0.25) is 0 Å². The van der Waals surface area contributed by atoms with Crippen LogP contribution in [-0.4, -0.2) is 19.0 Å². The Balaban J connectivity index is 2.25. The number of methoxy groups -OCH3 is 1. The van der Waals surface area contributed by atoms with Gasteiger partial charge in [0, 0.05) is 5.56 Å². The summed E-state index contributed by atoms with van der Waals surface area (Å²) >= 11 is 0. The summed E-state index contributed by atoms with van der Waals surface area (Å²) in [4.78, 5) is 24.0. The van der Waals surface area contributed by atoms with Crippen molar-refractivity contribution in [3.05, 3.63) is 59.4 Å². The number of carbonyl (C=O) groups is 2. The maximum absolute atomic E-state index is 14.1. The molecule has 6 nitrogen and oxygen atoms in total. The molecular formula is C21H26FN3O3. The number of nitrogens with two attached hydrogens (primary N) is 1. The van der Waals surface area contributed by atoms with E-state index in [4.69, 9.17) is 10.5 Å². The first kappa shape index (κ1) is 21.2. The monoisotopic (exact) mass is 387 g/mol. The van der Waals surface area contributed by atoms with Crippen molar-refractivity contribution >= 4 is 17.6 Å². The number of nitrogens with one attached hydrogen (secondary N) is 2. The van der Waals surface area contributed by atoms with E-state index >= 15 is 0 Å². The fourth-order valence-corrected chi connectivity index (χ4v) is 2.83. The molecule has 0 aliphatic rings. The number of rotatable bonds is 6. The number of hydrogen-bond donors (Lipinski definition) is 3. The average molecular weight is 387 g/mol. The van der Waals surface area contributed by atoms with E-state index in [-0.39, 0.29) is 17.4 Å². The highest BCUT2D eigenvalue weighted by atomic mass is 19.1. The third kappa shape index (κ3) is 5.45. The standard InChI is InChI=1S/C21H26FN3O3/c1-21(2,3)13-9-10-18(28-4)17(11-13)24-19(26)12-16(25-20(23)27)14-7-5-6-8-15(14)22/h5-11,16H,12H2,1-4H3,(H,24,26)(H3,23,25,27)/t16-/m1/s1. The summed E-state index contributed by atoms with van der Waals surface area (Å²) in [6.45, 7) is 6.18. The number of anilines is 1. The zero-order valence-electron chi connectivity index (χ0n) is 16.5. The van der Waals surface area contributed by atoms with Crippen LogP contribution in [0.15, 0.2) is 42.5 Å². The van der Waals surface area contributed by atoms with E-state index in [2.05, 4.69) is 31.4 Å². The number of urea groups is 1. The van der Waals surface area contributed by atoms with Gasteiger partial charge in [-0.1, -0.05) is 45.0 Å². The molecule has 1 atom stereocenters. The van der Waals surface area contributed by atoms with Crippen LogP contribution in [0, 0.1) is 5.82 Å². The Bertz CT molecular complexity index is 862. The van der Waals surface area contributed by atoms with Crippen molar-refractivity contribution in [2.45, 2.75) is 38.6 Å². The second kappa shape index (κ2) is 8.73. The molecule has 150 valence electrons. The molecule has 0 fully saturated rings. The summed E-state index contributed by atoms with van der Waals surface area (Å²) in [6.07, 6.45) is -0.188. The smallest absolute Gasteiger partial charge is 0.312 e. The van der Waals surface area contributed by atoms with Crippen molar-refractivity contribution in [1.82, 2.24) is 5.32 Å². The molecule has 28 heavy (non-hydrogen) atoms. The summed E-state index contributed by atoms with van der Waals surface area (Å²) in [5, 5.41) is 5.21. The number of benzene rings is 2. The number of halogens is 1. The molecule has 7 heteroatoms. The van der Waals surface area contributed by atoms with Crippen LogP contribution in [-0.2, 0) is 10.2 Å². The van der Waals surface area contributed by atoms with Gasteiger partial charge in [-0.2, -0.15) is 0 Å². The first-order valence-corrected chi connectivity index (χ1v) is 8.90. The Labute approximate surface area is 164 Å². The molecule has 0 radical (unpaired) electrons. The lowest BCUT2D eigenvalue weighted by molar-refractivity contribution is -0.116. The van der Waals surface area contributed by atoms with Gasteiger partial charge in [0.2, 0.25) is 5.91 Å². The Morgan fingerprint density at radius 3 is 2.43 bits per heavy atom. The van der Waals surface area contributed by atoms with Crippen molar-refractivity contribution in [3.8, 4) is 5.75 Å². The van der Waals surface area contributed by atoms with Gasteiger partial charge in [-0.3, -0.25) is 4.79 Å². The summed E-state index contributed by atoms with van der Waals surface area (Å²) < 4.78 is 19.4. The summed E-state index contributed by atoms with van der Waals surface area (Å²) in [5.41, 5.74) is 6.79. The predicted octanol–water partition coefficient (Wildman–Crippen LogP) is 3.87. The van der Waals surface area contributed by atoms with Crippen molar-refractivity contribution in [1.29, 1.82) is 0 Å². The van der Waals surface area contributed by atoms with E-state index in [0.717, 1.165) is 5.56 Å². The molecule has 0 saturated carbocycles. The van der Waals surface area contributed by atoms with Crippen LogP contribution in [0.25, 0.3) is 0 Å². The van der Waals surface area contributed by atoms with Gasteiger partial charge in [-0.25, -0.2) is 9.18 Å². The number of amides is 3. The zero-order chi connectivity index (χ0) is 20.9. The largest absolute Gasteiger partial charge is 0.495 e. The zero-order valence-corrected chi connectivity index (χ0v) is 16.5. The topological polar surface area (TPSA) is 93.4 Å². The van der Waals surface area contributed by atoms with Crippen molar-refractivity contribution in [2.24, 2.45) is 5.73 Å². The van der Waals surface area contributed by atoms with Gasteiger partial charge < -0.3 is 21.1 Å². The fraction of sp³-hybridized carbons (Fsp3) is 0.333. The lowest BCUT2D eigenvalue weighted by Crippen LogP contribution is -2.35. The molecule has 2 aromatic carbocycles. The van der Waals surface area contributed by atoms with E-state index < -0.39 is 23.8 Å². The number of primary amides is 1. The van der Waals surface area contributed by atoms with Gasteiger partial charge in [0.25, 0.3) is 0 Å². The number of hydrogen-bond acceptors (Lipinski definition) is 3. The number of carbonyl (C=O) groups excluding carboxylic acids is 2. The third-order valence-corrected chi connectivity index (χ3v) is 4.33. The van der Waals surface area contributed by atoms with Crippen molar-refractivity contribution in [2.75, 3.05) is 12.4 Å². The minimum absolute atomic E-state index is 0.116. The van der Waals surface area contributed by atoms with Crippen LogP contribution in [0.4, 0.5) is 14.9 Å². The molecule has 0 aliphatic heterocycles. The second-order valence-electron chi connectivity index (χ2n) is 7.50. The molecule has 0 unspecified atom stereocenters. The molecule has 2 rings (SSSR count). The molecule has 0 aliphatic carbocycles. The highest BCUT2D eigenvalue weighted by Crippen LogP contribution is 2.32. The minimum Gasteiger partial charge on any atom is -0.495 e. The van der Waals surface area contributed by atoms with Gasteiger partial charge >= 0.3 is 6.03 Å². The molecule has 2 aromatic rings. The summed E-state index contributed by atoms with van der Waals surface area (Å²) in [5.74, 6) is -0.431. The highest BCUT2D eigenvalue weighted by Gasteiger charge is 2.22. The van der Waals surface area contributed by atoms with Gasteiger partial charge in [-0.05, 0) is 29.2 Å². The van der Waals surface area contributed by atoms with Crippen LogP contribution in [0.1, 0.15) is 44.4 Å². The van der Waals surface area contributed by atoms with Gasteiger partial charge in [0.1, 0.15) is 11.6 Å². The maximum Gasteiger partial charge on any atom is 0.312 e. The first-order chi connectivity index (χ1) is 13.1. The molecule has 0 heterocycles. The molecular weight excluding hydrogens is 361 g/mol. The Hall–Kier alpha value is -3.09. The predicted molar refractivity (Wildman–Crippen MR) is 107 cm³/mol. The van der Waals surface area contributed by atoms with Crippen LogP contribution >= 0.6 is 0 Å². The van der Waals surface area contributed by atoms with Gasteiger partial charge in [0.05, 0.1) is 25.3 Å². The van der Waals surface area contributed by atoms with E-state index in [9.17, 15) is 14.0 Å². The van der Waals surface area contributed by atoms with Gasteiger partial charge in [-0.15, -0.1) is 0 Å². The van der Waals surface area contributed by atoms with Crippen LogP contribution in [0.3, 0.4) is 0 Å². The fourth-order valence-electron chi connectivity index (χ4n) is 2.83. The number of ether oxygens (including phenoxy) is 1. The molecule has 0 bridgehead atoms. The molecule has 0 saturated heterocycles. The van der Waals surface area contributed by atoms with Crippen LogP contribution < -0.4 is 21.1 Å². The van der Waals surface area contributed by atoms with E-state index in [1.54, 1.807) is 12.1 Å². The quantitative estimate of drug-likeness (QED) is 0.702. The Kier molecular flexibility index (Phi) is 6.62. The molecule has 4 N–H and O–H groups in total. The first-order valence-electron chi connectivity index (χ1n) is 8.90. The SMILES string of the molecule is COc1ccc(C(C)(C)C)cc1NC(=O)C[C@@H](NC(N)=O)c1ccccc1F. The highest BCUT2D eigenvalue weighted by molar-refractivity contribution is 5.93. The summed E-state index contributed by atoms with van der Waals surface area (Å²) in [7, 11) is 1.51. The molecule has 3 amide bonds. The average Bonchev–Trinajstić information content (AvgIpc) is 2.60. The van der Waals surface area contributed by atoms with Crippen LogP contribution in [0.5, 0.6) is 5.75 Å². The molecule has 0 spiro atoms. The maximum atomic E-state index is 14.1. The lowest BCUT2D eigenvalue weighted by atomic mass is 9.87.